The molecule has 0 unspecified atom stereocenters. The Hall–Kier alpha value is -2.96. The summed E-state index contributed by atoms with van der Waals surface area (Å²) in [7, 11) is 3.79. The average Bonchev–Trinajstić information content (AvgIpc) is 2.76. The molecule has 31 heavy (non-hydrogen) atoms. The number of anilines is 1. The second-order valence-corrected chi connectivity index (χ2v) is 8.13. The highest BCUT2D eigenvalue weighted by atomic mass is 19.1. The minimum Gasteiger partial charge on any atom is -0.360 e. The van der Waals surface area contributed by atoms with Crippen molar-refractivity contribution in [3.8, 4) is 0 Å². The van der Waals surface area contributed by atoms with Gasteiger partial charge in [-0.1, -0.05) is 18.2 Å². The Morgan fingerprint density at radius 3 is 2.61 bits per heavy atom. The Bertz CT molecular complexity index is 905. The maximum absolute atomic E-state index is 13.4. The number of amides is 2. The van der Waals surface area contributed by atoms with E-state index in [1.165, 1.54) is 12.1 Å². The highest BCUT2D eigenvalue weighted by molar-refractivity contribution is 5.84. The van der Waals surface area contributed by atoms with Crippen molar-refractivity contribution in [2.24, 2.45) is 0 Å². The number of fused-ring (bicyclic) bond motifs is 2. The standard InChI is InChI=1S/C24H31FN4O2/c1-27-14-6-15-28(2)24(31)18-29(16-5-10-21-9-4-11-22(27)26-21)23(30)13-12-19-7-3-8-20(25)17-19/h3-4,7-9,11,17H,5-6,10,12-16,18H2,1-2H3. The molecule has 166 valence electrons. The minimum absolute atomic E-state index is 0.0598. The van der Waals surface area contributed by atoms with Gasteiger partial charge in [-0.05, 0) is 55.5 Å². The van der Waals surface area contributed by atoms with Crippen LogP contribution in [0.4, 0.5) is 10.2 Å². The van der Waals surface area contributed by atoms with Crippen LogP contribution in [-0.4, -0.2) is 66.9 Å². The third-order valence-electron chi connectivity index (χ3n) is 5.65. The Labute approximate surface area is 183 Å². The smallest absolute Gasteiger partial charge is 0.241 e. The maximum atomic E-state index is 13.4. The Morgan fingerprint density at radius 2 is 1.81 bits per heavy atom. The summed E-state index contributed by atoms with van der Waals surface area (Å²) in [5.41, 5.74) is 1.76. The van der Waals surface area contributed by atoms with Crippen LogP contribution in [0.25, 0.3) is 0 Å². The molecule has 1 aliphatic heterocycles. The minimum atomic E-state index is -0.305. The van der Waals surface area contributed by atoms with E-state index < -0.39 is 0 Å². The number of nitrogens with zero attached hydrogens (tertiary/aromatic N) is 4. The summed E-state index contributed by atoms with van der Waals surface area (Å²) >= 11 is 0. The molecule has 0 spiro atoms. The zero-order chi connectivity index (χ0) is 22.2. The number of aromatic nitrogens is 1. The van der Waals surface area contributed by atoms with Crippen LogP contribution >= 0.6 is 0 Å². The van der Waals surface area contributed by atoms with Gasteiger partial charge >= 0.3 is 0 Å². The molecule has 0 N–H and O–H groups in total. The molecule has 0 radical (unpaired) electrons. The number of aryl methyl sites for hydroxylation is 2. The third kappa shape index (κ3) is 6.77. The molecule has 2 aromatic rings. The SMILES string of the molecule is CN1CCCN(C)c2cccc(n2)CCCN(C(=O)CCc2cccc(F)c2)CC1=O. The first kappa shape index (κ1) is 22.7. The number of benzene rings is 1. The van der Waals surface area contributed by atoms with Gasteiger partial charge in [0.15, 0.2) is 0 Å². The highest BCUT2D eigenvalue weighted by Crippen LogP contribution is 2.13. The first-order chi connectivity index (χ1) is 14.9. The molecule has 1 aromatic carbocycles. The van der Waals surface area contributed by atoms with Crippen molar-refractivity contribution < 1.29 is 14.0 Å². The lowest BCUT2D eigenvalue weighted by molar-refractivity contribution is -0.139. The quantitative estimate of drug-likeness (QED) is 0.757. The molecule has 0 saturated heterocycles. The molecular formula is C24H31FN4O2. The van der Waals surface area contributed by atoms with Crippen LogP contribution < -0.4 is 4.90 Å². The molecule has 2 bridgehead atoms. The van der Waals surface area contributed by atoms with E-state index in [2.05, 4.69) is 4.90 Å². The van der Waals surface area contributed by atoms with Gasteiger partial charge in [0, 0.05) is 45.8 Å². The third-order valence-corrected chi connectivity index (χ3v) is 5.65. The van der Waals surface area contributed by atoms with Crippen LogP contribution in [0.15, 0.2) is 42.5 Å². The monoisotopic (exact) mass is 426 g/mol. The molecule has 0 atom stereocenters. The summed E-state index contributed by atoms with van der Waals surface area (Å²) in [6.45, 7) is 1.98. The topological polar surface area (TPSA) is 56.8 Å². The molecule has 0 fully saturated rings. The second-order valence-electron chi connectivity index (χ2n) is 8.13. The number of carbonyl (C=O) groups excluding carboxylic acids is 2. The molecule has 6 nitrogen and oxygen atoms in total. The normalized spacial score (nSPS) is 16.2. The molecule has 2 heterocycles. The number of halogens is 1. The van der Waals surface area contributed by atoms with Crippen LogP contribution in [0.3, 0.4) is 0 Å². The van der Waals surface area contributed by atoms with Gasteiger partial charge < -0.3 is 14.7 Å². The first-order valence-corrected chi connectivity index (χ1v) is 10.9. The lowest BCUT2D eigenvalue weighted by atomic mass is 10.1. The summed E-state index contributed by atoms with van der Waals surface area (Å²) in [6.07, 6.45) is 2.98. The van der Waals surface area contributed by atoms with E-state index in [0.29, 0.717) is 19.5 Å². The fourth-order valence-corrected chi connectivity index (χ4v) is 3.73. The van der Waals surface area contributed by atoms with Crippen LogP contribution in [0.2, 0.25) is 0 Å². The van der Waals surface area contributed by atoms with Gasteiger partial charge in [-0.3, -0.25) is 9.59 Å². The van der Waals surface area contributed by atoms with Crippen LogP contribution in [0.1, 0.15) is 30.5 Å². The van der Waals surface area contributed by atoms with Crippen molar-refractivity contribution in [2.75, 3.05) is 45.2 Å². The van der Waals surface area contributed by atoms with Gasteiger partial charge in [-0.25, -0.2) is 9.37 Å². The molecule has 3 rings (SSSR count). The zero-order valence-corrected chi connectivity index (χ0v) is 18.4. The van der Waals surface area contributed by atoms with Crippen LogP contribution in [-0.2, 0) is 22.4 Å². The van der Waals surface area contributed by atoms with Gasteiger partial charge in [-0.15, -0.1) is 0 Å². The number of hydrogen-bond acceptors (Lipinski definition) is 4. The number of rotatable bonds is 3. The predicted octanol–water partition coefficient (Wildman–Crippen LogP) is 2.91. The van der Waals surface area contributed by atoms with Crippen molar-refractivity contribution in [2.45, 2.75) is 32.1 Å². The fourth-order valence-electron chi connectivity index (χ4n) is 3.73. The molecular weight excluding hydrogens is 395 g/mol. The van der Waals surface area contributed by atoms with Gasteiger partial charge in [0.25, 0.3) is 0 Å². The molecule has 2 amide bonds. The molecule has 0 aliphatic carbocycles. The largest absolute Gasteiger partial charge is 0.360 e. The summed E-state index contributed by atoms with van der Waals surface area (Å²) in [5.74, 6) is 0.474. The zero-order valence-electron chi connectivity index (χ0n) is 18.4. The summed E-state index contributed by atoms with van der Waals surface area (Å²) < 4.78 is 13.4. The lowest BCUT2D eigenvalue weighted by Crippen LogP contribution is -2.43. The summed E-state index contributed by atoms with van der Waals surface area (Å²) in [6, 6.07) is 12.3. The lowest BCUT2D eigenvalue weighted by Gasteiger charge is -2.27. The van der Waals surface area contributed by atoms with Crippen LogP contribution in [0, 0.1) is 5.82 Å². The van der Waals surface area contributed by atoms with Gasteiger partial charge in [0.2, 0.25) is 11.8 Å². The summed E-state index contributed by atoms with van der Waals surface area (Å²) in [4.78, 5) is 35.8. The Kier molecular flexibility index (Phi) is 7.98. The van der Waals surface area contributed by atoms with E-state index in [-0.39, 0.29) is 30.6 Å². The van der Waals surface area contributed by atoms with Crippen molar-refractivity contribution in [1.29, 1.82) is 0 Å². The number of carbonyl (C=O) groups is 2. The Morgan fingerprint density at radius 1 is 1.03 bits per heavy atom. The van der Waals surface area contributed by atoms with E-state index in [9.17, 15) is 14.0 Å². The summed E-state index contributed by atoms with van der Waals surface area (Å²) in [5, 5.41) is 0. The van der Waals surface area contributed by atoms with Crippen molar-refractivity contribution in [1.82, 2.24) is 14.8 Å². The fraction of sp³-hybridized carbons (Fsp3) is 0.458. The van der Waals surface area contributed by atoms with E-state index >= 15 is 0 Å². The average molecular weight is 427 g/mol. The number of pyridine rings is 1. The highest BCUT2D eigenvalue weighted by Gasteiger charge is 2.20. The second kappa shape index (κ2) is 10.9. The molecule has 7 heteroatoms. The maximum Gasteiger partial charge on any atom is 0.241 e. The van der Waals surface area contributed by atoms with Gasteiger partial charge in [0.1, 0.15) is 11.6 Å². The van der Waals surface area contributed by atoms with Crippen molar-refractivity contribution in [3.05, 3.63) is 59.5 Å². The van der Waals surface area contributed by atoms with E-state index in [1.54, 1.807) is 22.9 Å². The van der Waals surface area contributed by atoms with Crippen LogP contribution in [0.5, 0.6) is 0 Å². The van der Waals surface area contributed by atoms with E-state index in [0.717, 1.165) is 42.9 Å². The van der Waals surface area contributed by atoms with Gasteiger partial charge in [0.05, 0.1) is 6.54 Å². The molecule has 1 aromatic heterocycles. The number of likely N-dealkylation sites (N-methyl/N-ethyl adjacent to an activating group) is 1. The Balaban J connectivity index is 1.69. The van der Waals surface area contributed by atoms with Crippen molar-refractivity contribution >= 4 is 17.6 Å². The van der Waals surface area contributed by atoms with Gasteiger partial charge in [-0.2, -0.15) is 0 Å². The number of hydrogen-bond donors (Lipinski definition) is 0. The predicted molar refractivity (Wildman–Crippen MR) is 119 cm³/mol. The molecule has 1 aliphatic rings. The van der Waals surface area contributed by atoms with Crippen molar-refractivity contribution in [3.63, 3.8) is 0 Å². The molecule has 0 saturated carbocycles. The van der Waals surface area contributed by atoms with E-state index in [1.807, 2.05) is 31.3 Å². The van der Waals surface area contributed by atoms with E-state index in [4.69, 9.17) is 4.98 Å². The first-order valence-electron chi connectivity index (χ1n) is 10.9.